The number of nitrogens with two attached hydrogens (primary N) is 1. The van der Waals surface area contributed by atoms with E-state index >= 15 is 0 Å². The second-order valence-corrected chi connectivity index (χ2v) is 5.85. The molecule has 136 valence electrons. The molecule has 1 heterocycles. The van der Waals surface area contributed by atoms with Crippen molar-refractivity contribution in [1.82, 2.24) is 5.32 Å². The maximum absolute atomic E-state index is 5.90. The van der Waals surface area contributed by atoms with Crippen molar-refractivity contribution in [2.24, 2.45) is 10.7 Å². The number of halogens is 2. The van der Waals surface area contributed by atoms with E-state index < -0.39 is 0 Å². The summed E-state index contributed by atoms with van der Waals surface area (Å²) in [5, 5.41) is 3.61. The first kappa shape index (κ1) is 21.3. The quantitative estimate of drug-likeness (QED) is 0.798. The van der Waals surface area contributed by atoms with Crippen molar-refractivity contribution in [2.75, 3.05) is 0 Å². The van der Waals surface area contributed by atoms with Crippen molar-refractivity contribution < 1.29 is 4.74 Å². The molecule has 0 amide bonds. The van der Waals surface area contributed by atoms with E-state index in [1.807, 2.05) is 19.1 Å². The SMILES string of the molecule is CCC(NCc1ccccc1)c1ccc2c(c1)N=C(N)C(C)O2.Cl.Cl. The topological polar surface area (TPSA) is 59.6 Å². The van der Waals surface area contributed by atoms with E-state index in [4.69, 9.17) is 10.5 Å². The maximum Gasteiger partial charge on any atom is 0.153 e. The van der Waals surface area contributed by atoms with Crippen molar-refractivity contribution in [3.8, 4) is 5.75 Å². The lowest BCUT2D eigenvalue weighted by atomic mass is 10.0. The first-order valence-corrected chi connectivity index (χ1v) is 8.09. The van der Waals surface area contributed by atoms with E-state index in [1.165, 1.54) is 11.1 Å². The number of rotatable bonds is 5. The molecular formula is C19H25Cl2N3O. The molecule has 2 unspecified atom stereocenters. The Kier molecular flexibility index (Phi) is 8.23. The standard InChI is InChI=1S/C19H23N3O.2ClH/c1-3-16(21-12-14-7-5-4-6-8-14)15-9-10-18-17(11-15)22-19(20)13(2)23-18;;/h4-11,13,16,21H,3,12H2,1-2H3,(H2,20,22);2*1H. The largest absolute Gasteiger partial charge is 0.481 e. The summed E-state index contributed by atoms with van der Waals surface area (Å²) in [4.78, 5) is 4.46. The normalized spacial score (nSPS) is 16.4. The minimum Gasteiger partial charge on any atom is -0.481 e. The molecule has 6 heteroatoms. The summed E-state index contributed by atoms with van der Waals surface area (Å²) < 4.78 is 5.77. The fourth-order valence-corrected chi connectivity index (χ4v) is 2.75. The maximum atomic E-state index is 5.90. The summed E-state index contributed by atoms with van der Waals surface area (Å²) in [6.45, 7) is 4.93. The van der Waals surface area contributed by atoms with Gasteiger partial charge in [0.15, 0.2) is 6.10 Å². The first-order valence-electron chi connectivity index (χ1n) is 8.09. The van der Waals surface area contributed by atoms with Gasteiger partial charge in [0.1, 0.15) is 17.3 Å². The number of ether oxygens (including phenoxy) is 1. The lowest BCUT2D eigenvalue weighted by molar-refractivity contribution is 0.281. The van der Waals surface area contributed by atoms with Gasteiger partial charge in [-0.2, -0.15) is 0 Å². The molecule has 1 aliphatic heterocycles. The summed E-state index contributed by atoms with van der Waals surface area (Å²) in [6, 6.07) is 16.9. The van der Waals surface area contributed by atoms with Crippen LogP contribution in [-0.4, -0.2) is 11.9 Å². The fourth-order valence-electron chi connectivity index (χ4n) is 2.75. The molecule has 2 aromatic carbocycles. The highest BCUT2D eigenvalue weighted by Crippen LogP contribution is 2.34. The van der Waals surface area contributed by atoms with Crippen LogP contribution in [0.3, 0.4) is 0 Å². The Morgan fingerprint density at radius 1 is 1.16 bits per heavy atom. The molecule has 0 aliphatic carbocycles. The summed E-state index contributed by atoms with van der Waals surface area (Å²) in [5.74, 6) is 1.33. The molecule has 0 saturated carbocycles. The van der Waals surface area contributed by atoms with E-state index in [0.717, 1.165) is 24.4 Å². The van der Waals surface area contributed by atoms with E-state index in [9.17, 15) is 0 Å². The van der Waals surface area contributed by atoms with Gasteiger partial charge < -0.3 is 15.8 Å². The third kappa shape index (κ3) is 5.11. The fraction of sp³-hybridized carbons (Fsp3) is 0.316. The highest BCUT2D eigenvalue weighted by molar-refractivity contribution is 5.89. The Labute approximate surface area is 161 Å². The lowest BCUT2D eigenvalue weighted by Crippen LogP contribution is -2.33. The summed E-state index contributed by atoms with van der Waals surface area (Å²) >= 11 is 0. The number of hydrogen-bond donors (Lipinski definition) is 2. The summed E-state index contributed by atoms with van der Waals surface area (Å²) in [7, 11) is 0. The van der Waals surface area contributed by atoms with Gasteiger partial charge in [0.25, 0.3) is 0 Å². The van der Waals surface area contributed by atoms with Crippen LogP contribution in [0.1, 0.15) is 37.4 Å². The number of fused-ring (bicyclic) bond motifs is 1. The lowest BCUT2D eigenvalue weighted by Gasteiger charge is -2.23. The Morgan fingerprint density at radius 3 is 2.56 bits per heavy atom. The zero-order valence-corrected chi connectivity index (χ0v) is 16.1. The predicted molar refractivity (Wildman–Crippen MR) is 109 cm³/mol. The van der Waals surface area contributed by atoms with Crippen molar-refractivity contribution >= 4 is 36.3 Å². The van der Waals surface area contributed by atoms with Gasteiger partial charge in [0.05, 0.1) is 0 Å². The average molecular weight is 382 g/mol. The van der Waals surface area contributed by atoms with Crippen molar-refractivity contribution in [3.63, 3.8) is 0 Å². The minimum absolute atomic E-state index is 0. The van der Waals surface area contributed by atoms with Crippen LogP contribution in [0.2, 0.25) is 0 Å². The van der Waals surface area contributed by atoms with Crippen LogP contribution >= 0.6 is 24.8 Å². The van der Waals surface area contributed by atoms with Crippen LogP contribution in [0.5, 0.6) is 5.75 Å². The summed E-state index contributed by atoms with van der Waals surface area (Å²) in [5.41, 5.74) is 9.20. The van der Waals surface area contributed by atoms with Crippen LogP contribution in [0.15, 0.2) is 53.5 Å². The van der Waals surface area contributed by atoms with Crippen LogP contribution in [-0.2, 0) is 6.54 Å². The van der Waals surface area contributed by atoms with Crippen LogP contribution in [0, 0.1) is 0 Å². The highest BCUT2D eigenvalue weighted by Gasteiger charge is 2.19. The van der Waals surface area contributed by atoms with Crippen LogP contribution in [0.4, 0.5) is 5.69 Å². The molecular weight excluding hydrogens is 357 g/mol. The zero-order valence-electron chi connectivity index (χ0n) is 14.4. The van der Waals surface area contributed by atoms with Gasteiger partial charge in [-0.3, -0.25) is 0 Å². The molecule has 2 atom stereocenters. The molecule has 3 N–H and O–H groups in total. The van der Waals surface area contributed by atoms with Gasteiger partial charge in [-0.15, -0.1) is 24.8 Å². The number of aliphatic imine (C=N–C) groups is 1. The van der Waals surface area contributed by atoms with Gasteiger partial charge in [-0.1, -0.05) is 43.3 Å². The van der Waals surface area contributed by atoms with E-state index in [0.29, 0.717) is 5.84 Å². The molecule has 0 fully saturated rings. The number of nitrogens with zero attached hydrogens (tertiary/aromatic N) is 1. The third-order valence-corrected chi connectivity index (χ3v) is 4.16. The second kappa shape index (κ2) is 9.66. The molecule has 25 heavy (non-hydrogen) atoms. The highest BCUT2D eigenvalue weighted by atomic mass is 35.5. The predicted octanol–water partition coefficient (Wildman–Crippen LogP) is 4.54. The van der Waals surface area contributed by atoms with E-state index in [1.54, 1.807) is 0 Å². The molecule has 3 rings (SSSR count). The second-order valence-electron chi connectivity index (χ2n) is 5.85. The monoisotopic (exact) mass is 381 g/mol. The van der Waals surface area contributed by atoms with Gasteiger partial charge in [0, 0.05) is 12.6 Å². The molecule has 0 spiro atoms. The minimum atomic E-state index is -0.161. The van der Waals surface area contributed by atoms with Gasteiger partial charge >= 0.3 is 0 Å². The first-order chi connectivity index (χ1) is 11.2. The van der Waals surface area contributed by atoms with E-state index in [2.05, 4.69) is 53.6 Å². The number of benzene rings is 2. The Hall–Kier alpha value is -1.75. The van der Waals surface area contributed by atoms with Crippen molar-refractivity contribution in [1.29, 1.82) is 0 Å². The van der Waals surface area contributed by atoms with Crippen LogP contribution in [0.25, 0.3) is 0 Å². The van der Waals surface area contributed by atoms with E-state index in [-0.39, 0.29) is 37.0 Å². The average Bonchev–Trinajstić information content (AvgIpc) is 2.57. The van der Waals surface area contributed by atoms with Crippen LogP contribution < -0.4 is 15.8 Å². The smallest absolute Gasteiger partial charge is 0.153 e. The molecule has 1 aliphatic rings. The Balaban J connectivity index is 0.00000156. The molecule has 0 aromatic heterocycles. The summed E-state index contributed by atoms with van der Waals surface area (Å²) in [6.07, 6.45) is 0.841. The number of nitrogens with one attached hydrogen (secondary N) is 1. The van der Waals surface area contributed by atoms with Crippen molar-refractivity contribution in [2.45, 2.75) is 39.0 Å². The number of hydrogen-bond acceptors (Lipinski definition) is 4. The molecule has 4 nitrogen and oxygen atoms in total. The Morgan fingerprint density at radius 2 is 1.88 bits per heavy atom. The molecule has 0 saturated heterocycles. The van der Waals surface area contributed by atoms with Gasteiger partial charge in [0.2, 0.25) is 0 Å². The van der Waals surface area contributed by atoms with Crippen molar-refractivity contribution in [3.05, 3.63) is 59.7 Å². The zero-order chi connectivity index (χ0) is 16.2. The van der Waals surface area contributed by atoms with Gasteiger partial charge in [-0.25, -0.2) is 4.99 Å². The third-order valence-electron chi connectivity index (χ3n) is 4.16. The molecule has 2 aromatic rings. The molecule has 0 bridgehead atoms. The number of amidine groups is 1. The molecule has 0 radical (unpaired) electrons. The van der Waals surface area contributed by atoms with Gasteiger partial charge in [-0.05, 0) is 36.6 Å². The Bertz CT molecular complexity index is 707.